The Balaban J connectivity index is 1.93. The molecule has 1 amide bonds. The second-order valence-electron chi connectivity index (χ2n) is 7.09. The van der Waals surface area contributed by atoms with Crippen molar-refractivity contribution in [2.24, 2.45) is 0 Å². The molecule has 3 rings (SSSR count). The van der Waals surface area contributed by atoms with Gasteiger partial charge < -0.3 is 10.4 Å². The van der Waals surface area contributed by atoms with Crippen molar-refractivity contribution in [2.45, 2.75) is 12.5 Å². The summed E-state index contributed by atoms with van der Waals surface area (Å²) in [6, 6.07) is 16.1. The second-order valence-corrected chi connectivity index (χ2v) is 8.99. The SMILES string of the molecule is CSCC[C@H](NC(=O)c1ccc(/C=C/c2cncc(Br)c2)cc1-c1ccccc1)C(=O)O. The highest BCUT2D eigenvalue weighted by Gasteiger charge is 2.22. The van der Waals surface area contributed by atoms with Crippen molar-refractivity contribution in [1.82, 2.24) is 10.3 Å². The Hall–Kier alpha value is -2.90. The van der Waals surface area contributed by atoms with E-state index in [2.05, 4.69) is 26.2 Å². The second kappa shape index (κ2) is 11.6. The van der Waals surface area contributed by atoms with Gasteiger partial charge in [-0.15, -0.1) is 0 Å². The molecule has 0 aliphatic heterocycles. The third kappa shape index (κ3) is 6.55. The van der Waals surface area contributed by atoms with E-state index in [1.54, 1.807) is 30.2 Å². The summed E-state index contributed by atoms with van der Waals surface area (Å²) in [5.74, 6) is -0.781. The maximum atomic E-state index is 13.0. The highest BCUT2D eigenvalue weighted by molar-refractivity contribution is 9.10. The minimum Gasteiger partial charge on any atom is -0.480 e. The first-order valence-corrected chi connectivity index (χ1v) is 12.2. The molecule has 1 aromatic heterocycles. The van der Waals surface area contributed by atoms with Gasteiger partial charge in [-0.05, 0) is 74.8 Å². The molecule has 0 bridgehead atoms. The largest absolute Gasteiger partial charge is 0.480 e. The predicted octanol–water partition coefficient (Wildman–Crippen LogP) is 5.62. The van der Waals surface area contributed by atoms with Gasteiger partial charge in [-0.25, -0.2) is 4.79 Å². The van der Waals surface area contributed by atoms with Crippen molar-refractivity contribution in [3.05, 3.63) is 88.2 Å². The summed E-state index contributed by atoms with van der Waals surface area (Å²) in [5.41, 5.74) is 3.92. The molecule has 3 aromatic rings. The topological polar surface area (TPSA) is 79.3 Å². The van der Waals surface area contributed by atoms with Crippen LogP contribution in [0, 0.1) is 0 Å². The molecular formula is C25H23BrN2O3S. The lowest BCUT2D eigenvalue weighted by atomic mass is 9.96. The molecule has 0 spiro atoms. The molecule has 2 aromatic carbocycles. The third-order valence-electron chi connectivity index (χ3n) is 4.78. The van der Waals surface area contributed by atoms with Gasteiger partial charge in [0.25, 0.3) is 5.91 Å². The Morgan fingerprint density at radius 1 is 1.09 bits per heavy atom. The fourth-order valence-electron chi connectivity index (χ4n) is 3.16. The third-order valence-corrected chi connectivity index (χ3v) is 5.86. The lowest BCUT2D eigenvalue weighted by Gasteiger charge is -2.16. The average Bonchev–Trinajstić information content (AvgIpc) is 2.80. The minimum atomic E-state index is -1.03. The number of rotatable bonds is 9. The molecule has 1 heterocycles. The van der Waals surface area contributed by atoms with E-state index >= 15 is 0 Å². The number of nitrogens with one attached hydrogen (secondary N) is 1. The number of thioether (sulfide) groups is 1. The number of carboxylic acid groups (broad SMARTS) is 1. The van der Waals surface area contributed by atoms with E-state index in [1.165, 1.54) is 0 Å². The normalized spacial score (nSPS) is 11.9. The molecule has 0 aliphatic carbocycles. The van der Waals surface area contributed by atoms with Crippen LogP contribution < -0.4 is 5.32 Å². The van der Waals surface area contributed by atoms with Crippen LogP contribution in [-0.4, -0.2) is 40.0 Å². The van der Waals surface area contributed by atoms with Gasteiger partial charge in [0, 0.05) is 22.4 Å². The van der Waals surface area contributed by atoms with E-state index in [4.69, 9.17) is 0 Å². The summed E-state index contributed by atoms with van der Waals surface area (Å²) in [7, 11) is 0. The van der Waals surface area contributed by atoms with Crippen LogP contribution in [0.2, 0.25) is 0 Å². The molecule has 0 saturated carbocycles. The van der Waals surface area contributed by atoms with Gasteiger partial charge in [-0.1, -0.05) is 48.6 Å². The summed E-state index contributed by atoms with van der Waals surface area (Å²) in [6.45, 7) is 0. The quantitative estimate of drug-likeness (QED) is 0.390. The molecule has 0 aliphatic rings. The standard InChI is InChI=1S/C25H23BrN2O3S/c1-32-12-11-23(25(30)31)28-24(29)21-10-9-17(7-8-18-13-20(26)16-27-15-18)14-22(21)19-5-3-2-4-6-19/h2-10,13-16,23H,11-12H2,1H3,(H,28,29)(H,30,31)/b8-7+/t23-/m0/s1. The van der Waals surface area contributed by atoms with Gasteiger partial charge in [0.1, 0.15) is 6.04 Å². The van der Waals surface area contributed by atoms with E-state index in [9.17, 15) is 14.7 Å². The minimum absolute atomic E-state index is 0.365. The van der Waals surface area contributed by atoms with Gasteiger partial charge in [0.15, 0.2) is 0 Å². The van der Waals surface area contributed by atoms with E-state index in [0.29, 0.717) is 17.7 Å². The molecule has 2 N–H and O–H groups in total. The number of nitrogens with zero attached hydrogens (tertiary/aromatic N) is 1. The smallest absolute Gasteiger partial charge is 0.326 e. The maximum absolute atomic E-state index is 13.0. The Bertz CT molecular complexity index is 1120. The van der Waals surface area contributed by atoms with Crippen LogP contribution in [0.4, 0.5) is 0 Å². The lowest BCUT2D eigenvalue weighted by Crippen LogP contribution is -2.41. The molecule has 0 saturated heterocycles. The Kier molecular flexibility index (Phi) is 8.64. The zero-order valence-electron chi connectivity index (χ0n) is 17.5. The Morgan fingerprint density at radius 3 is 2.53 bits per heavy atom. The summed E-state index contributed by atoms with van der Waals surface area (Å²) in [5, 5.41) is 12.2. The predicted molar refractivity (Wildman–Crippen MR) is 135 cm³/mol. The van der Waals surface area contributed by atoms with Crippen molar-refractivity contribution in [1.29, 1.82) is 0 Å². The van der Waals surface area contributed by atoms with E-state index in [0.717, 1.165) is 26.7 Å². The van der Waals surface area contributed by atoms with E-state index in [-0.39, 0.29) is 0 Å². The van der Waals surface area contributed by atoms with E-state index < -0.39 is 17.9 Å². The van der Waals surface area contributed by atoms with Gasteiger partial charge >= 0.3 is 5.97 Å². The molecule has 7 heteroatoms. The number of amides is 1. The molecule has 0 radical (unpaired) electrons. The van der Waals surface area contributed by atoms with Crippen LogP contribution >= 0.6 is 27.7 Å². The number of carbonyl (C=O) groups is 2. The first-order chi connectivity index (χ1) is 15.5. The Labute approximate surface area is 200 Å². The van der Waals surface area contributed by atoms with Crippen LogP contribution in [0.15, 0.2) is 71.5 Å². The van der Waals surface area contributed by atoms with Gasteiger partial charge in [-0.3, -0.25) is 9.78 Å². The Morgan fingerprint density at radius 2 is 1.84 bits per heavy atom. The van der Waals surface area contributed by atoms with Crippen LogP contribution in [0.5, 0.6) is 0 Å². The molecule has 164 valence electrons. The molecule has 5 nitrogen and oxygen atoms in total. The van der Waals surface area contributed by atoms with Crippen molar-refractivity contribution in [2.75, 3.05) is 12.0 Å². The van der Waals surface area contributed by atoms with Crippen LogP contribution in [0.25, 0.3) is 23.3 Å². The molecule has 1 atom stereocenters. The number of hydrogen-bond donors (Lipinski definition) is 2. The van der Waals surface area contributed by atoms with Crippen molar-refractivity contribution in [3.8, 4) is 11.1 Å². The first-order valence-electron chi connectivity index (χ1n) is 9.98. The number of carbonyl (C=O) groups excluding carboxylic acids is 1. The monoisotopic (exact) mass is 510 g/mol. The van der Waals surface area contributed by atoms with E-state index in [1.807, 2.05) is 66.9 Å². The molecular weight excluding hydrogens is 488 g/mol. The van der Waals surface area contributed by atoms with Crippen molar-refractivity contribution in [3.63, 3.8) is 0 Å². The average molecular weight is 511 g/mol. The van der Waals surface area contributed by atoms with Gasteiger partial charge in [0.2, 0.25) is 0 Å². The van der Waals surface area contributed by atoms with Gasteiger partial charge in [-0.2, -0.15) is 11.8 Å². The number of hydrogen-bond acceptors (Lipinski definition) is 4. The highest BCUT2D eigenvalue weighted by Crippen LogP contribution is 2.26. The maximum Gasteiger partial charge on any atom is 0.326 e. The number of pyridine rings is 1. The molecule has 32 heavy (non-hydrogen) atoms. The number of aromatic nitrogens is 1. The van der Waals surface area contributed by atoms with Crippen molar-refractivity contribution >= 4 is 51.7 Å². The van der Waals surface area contributed by atoms with Crippen LogP contribution in [-0.2, 0) is 4.79 Å². The first kappa shape index (κ1) is 23.8. The summed E-state index contributed by atoms with van der Waals surface area (Å²) in [4.78, 5) is 28.8. The van der Waals surface area contributed by atoms with Crippen LogP contribution in [0.1, 0.15) is 27.9 Å². The summed E-state index contributed by atoms with van der Waals surface area (Å²) < 4.78 is 0.895. The molecule has 0 fully saturated rings. The fraction of sp³-hybridized carbons (Fsp3) is 0.160. The lowest BCUT2D eigenvalue weighted by molar-refractivity contribution is -0.139. The zero-order valence-corrected chi connectivity index (χ0v) is 19.9. The summed E-state index contributed by atoms with van der Waals surface area (Å²) >= 11 is 4.96. The number of aliphatic carboxylic acids is 1. The molecule has 0 unspecified atom stereocenters. The van der Waals surface area contributed by atoms with Crippen molar-refractivity contribution < 1.29 is 14.7 Å². The number of carboxylic acids is 1. The highest BCUT2D eigenvalue weighted by atomic mass is 79.9. The van der Waals surface area contributed by atoms with Crippen LogP contribution in [0.3, 0.4) is 0 Å². The number of halogens is 1. The zero-order chi connectivity index (χ0) is 22.9. The van der Waals surface area contributed by atoms with Gasteiger partial charge in [0.05, 0.1) is 0 Å². The summed E-state index contributed by atoms with van der Waals surface area (Å²) in [6.07, 6.45) is 9.67. The number of benzene rings is 2. The fourth-order valence-corrected chi connectivity index (χ4v) is 4.02.